The second-order valence-electron chi connectivity index (χ2n) is 4.64. The van der Waals surface area contributed by atoms with Gasteiger partial charge in [-0.15, -0.1) is 0 Å². The molecule has 0 atom stereocenters. The van der Waals surface area contributed by atoms with E-state index >= 15 is 0 Å². The van der Waals surface area contributed by atoms with Crippen LogP contribution in [0.4, 0.5) is 5.69 Å². The number of nitrogens with one attached hydrogen (secondary N) is 1. The lowest BCUT2D eigenvalue weighted by atomic mass is 9.78. The Morgan fingerprint density at radius 3 is 2.50 bits per heavy atom. The fourth-order valence-electron chi connectivity index (χ4n) is 2.20. The summed E-state index contributed by atoms with van der Waals surface area (Å²) < 4.78 is 6.18. The number of carbonyl (C=O) groups excluding carboxylic acids is 1. The molecule has 1 amide bonds. The van der Waals surface area contributed by atoms with Gasteiger partial charge in [-0.25, -0.2) is 0 Å². The highest BCUT2D eigenvalue weighted by molar-refractivity contribution is 9.10. The van der Waals surface area contributed by atoms with E-state index in [0.717, 1.165) is 4.47 Å². The Morgan fingerprint density at radius 2 is 1.95 bits per heavy atom. The van der Waals surface area contributed by atoms with E-state index in [1.54, 1.807) is 12.1 Å². The summed E-state index contributed by atoms with van der Waals surface area (Å²) in [7, 11) is 0. The molecule has 108 valence electrons. The standard InChI is InChI=1S/C13H16BrN3O3/c14-9-1-3-10(4-2-9)16-12(18)13(11(15)17-19)5-7-20-8-6-13/h1-4,19H,5-8H2,(H2,15,17)(H,16,18). The topological polar surface area (TPSA) is 96.9 Å². The van der Waals surface area contributed by atoms with E-state index in [2.05, 4.69) is 26.4 Å². The van der Waals surface area contributed by atoms with Gasteiger partial charge in [-0.05, 0) is 37.1 Å². The third-order valence-electron chi connectivity index (χ3n) is 3.48. The van der Waals surface area contributed by atoms with Gasteiger partial charge in [-0.2, -0.15) is 0 Å². The zero-order chi connectivity index (χ0) is 14.6. The number of benzene rings is 1. The summed E-state index contributed by atoms with van der Waals surface area (Å²) in [6.07, 6.45) is 0.788. The molecule has 1 aliphatic heterocycles. The molecule has 0 saturated carbocycles. The molecule has 2 rings (SSSR count). The van der Waals surface area contributed by atoms with Crippen LogP contribution in [0.5, 0.6) is 0 Å². The fraction of sp³-hybridized carbons (Fsp3) is 0.385. The minimum Gasteiger partial charge on any atom is -0.409 e. The largest absolute Gasteiger partial charge is 0.409 e. The number of hydrogen-bond acceptors (Lipinski definition) is 4. The number of ether oxygens (including phenoxy) is 1. The maximum absolute atomic E-state index is 12.5. The van der Waals surface area contributed by atoms with Gasteiger partial charge < -0.3 is 21.0 Å². The fourth-order valence-corrected chi connectivity index (χ4v) is 2.46. The van der Waals surface area contributed by atoms with Gasteiger partial charge in [-0.3, -0.25) is 4.79 Å². The Hall–Kier alpha value is -1.60. The van der Waals surface area contributed by atoms with Crippen LogP contribution in [-0.2, 0) is 9.53 Å². The predicted molar refractivity (Wildman–Crippen MR) is 78.7 cm³/mol. The lowest BCUT2D eigenvalue weighted by Crippen LogP contribution is -2.50. The first-order chi connectivity index (χ1) is 9.58. The smallest absolute Gasteiger partial charge is 0.238 e. The first-order valence-electron chi connectivity index (χ1n) is 6.21. The Morgan fingerprint density at radius 1 is 1.35 bits per heavy atom. The van der Waals surface area contributed by atoms with Gasteiger partial charge in [0.1, 0.15) is 5.41 Å². The number of oxime groups is 1. The van der Waals surface area contributed by atoms with Crippen LogP contribution in [0.2, 0.25) is 0 Å². The number of nitrogens with zero attached hydrogens (tertiary/aromatic N) is 1. The second kappa shape index (κ2) is 6.23. The number of carbonyl (C=O) groups is 1. The normalized spacial score (nSPS) is 18.6. The summed E-state index contributed by atoms with van der Waals surface area (Å²) >= 11 is 3.33. The molecule has 0 aliphatic carbocycles. The van der Waals surface area contributed by atoms with Crippen molar-refractivity contribution in [2.75, 3.05) is 18.5 Å². The highest BCUT2D eigenvalue weighted by atomic mass is 79.9. The summed E-state index contributed by atoms with van der Waals surface area (Å²) in [5.74, 6) is -0.353. The van der Waals surface area contributed by atoms with Gasteiger partial charge in [0.15, 0.2) is 5.84 Å². The molecular formula is C13H16BrN3O3. The van der Waals surface area contributed by atoms with Crippen molar-refractivity contribution in [3.63, 3.8) is 0 Å². The molecule has 0 spiro atoms. The minimum absolute atomic E-state index is 0.0737. The molecule has 7 heteroatoms. The monoisotopic (exact) mass is 341 g/mol. The van der Waals surface area contributed by atoms with Crippen molar-refractivity contribution in [2.45, 2.75) is 12.8 Å². The maximum Gasteiger partial charge on any atom is 0.238 e. The van der Waals surface area contributed by atoms with Crippen LogP contribution < -0.4 is 11.1 Å². The first-order valence-corrected chi connectivity index (χ1v) is 7.00. The van der Waals surface area contributed by atoms with Crippen molar-refractivity contribution < 1.29 is 14.7 Å². The van der Waals surface area contributed by atoms with Crippen LogP contribution in [0.15, 0.2) is 33.9 Å². The van der Waals surface area contributed by atoms with Crippen LogP contribution in [0.25, 0.3) is 0 Å². The summed E-state index contributed by atoms with van der Waals surface area (Å²) in [6.45, 7) is 0.813. The molecule has 1 aliphatic rings. The highest BCUT2D eigenvalue weighted by Gasteiger charge is 2.44. The molecule has 1 aromatic carbocycles. The van der Waals surface area contributed by atoms with Gasteiger partial charge >= 0.3 is 0 Å². The van der Waals surface area contributed by atoms with Crippen LogP contribution in [0, 0.1) is 5.41 Å². The van der Waals surface area contributed by atoms with Gasteiger partial charge in [0.25, 0.3) is 0 Å². The van der Waals surface area contributed by atoms with Crippen LogP contribution >= 0.6 is 15.9 Å². The number of nitrogens with two attached hydrogens (primary N) is 1. The number of halogens is 1. The molecule has 6 nitrogen and oxygen atoms in total. The quantitative estimate of drug-likeness (QED) is 0.338. The number of hydrogen-bond donors (Lipinski definition) is 3. The summed E-state index contributed by atoms with van der Waals surface area (Å²) in [6, 6.07) is 7.22. The first kappa shape index (κ1) is 14.8. The van der Waals surface area contributed by atoms with Gasteiger partial charge in [-0.1, -0.05) is 21.1 Å². The third-order valence-corrected chi connectivity index (χ3v) is 4.01. The van der Waals surface area contributed by atoms with E-state index in [4.69, 9.17) is 15.7 Å². The zero-order valence-electron chi connectivity index (χ0n) is 10.8. The Balaban J connectivity index is 2.21. The predicted octanol–water partition coefficient (Wildman–Crippen LogP) is 1.93. The molecule has 0 bridgehead atoms. The Bertz CT molecular complexity index is 510. The molecule has 0 aromatic heterocycles. The van der Waals surface area contributed by atoms with Gasteiger partial charge in [0, 0.05) is 23.4 Å². The number of anilines is 1. The van der Waals surface area contributed by atoms with E-state index < -0.39 is 5.41 Å². The molecule has 20 heavy (non-hydrogen) atoms. The summed E-state index contributed by atoms with van der Waals surface area (Å²) in [5, 5.41) is 14.8. The number of amidine groups is 1. The van der Waals surface area contributed by atoms with Crippen LogP contribution in [0.3, 0.4) is 0 Å². The van der Waals surface area contributed by atoms with Crippen molar-refractivity contribution in [3.8, 4) is 0 Å². The highest BCUT2D eigenvalue weighted by Crippen LogP contribution is 2.32. The number of rotatable bonds is 3. The molecule has 1 aromatic rings. The lowest BCUT2D eigenvalue weighted by Gasteiger charge is -2.34. The van der Waals surface area contributed by atoms with E-state index in [9.17, 15) is 4.79 Å². The lowest BCUT2D eigenvalue weighted by molar-refractivity contribution is -0.126. The van der Waals surface area contributed by atoms with Gasteiger partial charge in [0.05, 0.1) is 0 Å². The molecule has 1 heterocycles. The average Bonchev–Trinajstić information content (AvgIpc) is 2.49. The minimum atomic E-state index is -1.01. The van der Waals surface area contributed by atoms with Crippen molar-refractivity contribution in [1.82, 2.24) is 0 Å². The van der Waals surface area contributed by atoms with E-state index in [1.807, 2.05) is 12.1 Å². The van der Waals surface area contributed by atoms with Crippen LogP contribution in [0.1, 0.15) is 12.8 Å². The third kappa shape index (κ3) is 2.94. The van der Waals surface area contributed by atoms with Gasteiger partial charge in [0.2, 0.25) is 5.91 Å². The Kier molecular flexibility index (Phi) is 4.61. The molecule has 1 saturated heterocycles. The van der Waals surface area contributed by atoms with Crippen molar-refractivity contribution in [2.24, 2.45) is 16.3 Å². The van der Waals surface area contributed by atoms with Crippen molar-refractivity contribution >= 4 is 33.4 Å². The van der Waals surface area contributed by atoms with Crippen molar-refractivity contribution in [1.29, 1.82) is 0 Å². The Labute approximate surface area is 125 Å². The van der Waals surface area contributed by atoms with Crippen molar-refractivity contribution in [3.05, 3.63) is 28.7 Å². The van der Waals surface area contributed by atoms with Crippen LogP contribution in [-0.4, -0.2) is 30.2 Å². The van der Waals surface area contributed by atoms with E-state index in [1.165, 1.54) is 0 Å². The molecular weight excluding hydrogens is 326 g/mol. The van der Waals surface area contributed by atoms with E-state index in [0.29, 0.717) is 31.7 Å². The maximum atomic E-state index is 12.5. The molecule has 4 N–H and O–H groups in total. The number of amides is 1. The SMILES string of the molecule is NC(=NO)C1(C(=O)Nc2ccc(Br)cc2)CCOCC1. The average molecular weight is 342 g/mol. The zero-order valence-corrected chi connectivity index (χ0v) is 12.4. The second-order valence-corrected chi connectivity index (χ2v) is 5.56. The molecule has 0 radical (unpaired) electrons. The molecule has 0 unspecified atom stereocenters. The summed E-state index contributed by atoms with van der Waals surface area (Å²) in [5.41, 5.74) is 5.39. The molecule has 1 fully saturated rings. The van der Waals surface area contributed by atoms with E-state index in [-0.39, 0.29) is 11.7 Å². The summed E-state index contributed by atoms with van der Waals surface area (Å²) in [4.78, 5) is 12.5.